The molecule has 0 spiro atoms. The quantitative estimate of drug-likeness (QED) is 0.0881. The molecule has 0 radical (unpaired) electrons. The van der Waals surface area contributed by atoms with E-state index in [-0.39, 0.29) is 18.3 Å². The number of nitrogens with zero attached hydrogens (tertiary/aromatic N) is 3. The second-order valence-electron chi connectivity index (χ2n) is 8.73. The molecule has 1 heterocycles. The molecule has 0 unspecified atom stereocenters. The van der Waals surface area contributed by atoms with E-state index in [1.54, 1.807) is 48.5 Å². The number of aromatic hydroxyl groups is 1. The minimum atomic E-state index is -0.130. The van der Waals surface area contributed by atoms with Crippen LogP contribution in [-0.2, 0) is 16.1 Å². The summed E-state index contributed by atoms with van der Waals surface area (Å²) in [5.41, 5.74) is 2.85. The molecular weight excluding hydrogens is 526 g/mol. The zero-order valence-electron chi connectivity index (χ0n) is 22.4. The Morgan fingerprint density at radius 1 is 0.683 bits per heavy atom. The monoisotopic (exact) mass is 559 g/mol. The third-order valence-electron chi connectivity index (χ3n) is 5.62. The van der Waals surface area contributed by atoms with Crippen molar-refractivity contribution >= 4 is 35.1 Å². The van der Waals surface area contributed by atoms with E-state index < -0.39 is 0 Å². The van der Waals surface area contributed by atoms with Crippen molar-refractivity contribution < 1.29 is 24.5 Å². The number of aromatic nitrogens is 3. The second kappa shape index (κ2) is 15.7. The molecule has 4 aromatic rings. The van der Waals surface area contributed by atoms with Crippen molar-refractivity contribution in [1.82, 2.24) is 20.3 Å². The maximum Gasteiger partial charge on any atom is 0.251 e. The summed E-state index contributed by atoms with van der Waals surface area (Å²) in [6.07, 6.45) is 0. The van der Waals surface area contributed by atoms with Crippen LogP contribution in [0.3, 0.4) is 0 Å². The molecule has 1 aromatic heterocycles. The molecule has 12 heteroatoms. The van der Waals surface area contributed by atoms with Gasteiger partial charge in [0.2, 0.25) is 17.8 Å². The summed E-state index contributed by atoms with van der Waals surface area (Å²) >= 11 is 0. The van der Waals surface area contributed by atoms with E-state index in [0.717, 1.165) is 11.3 Å². The predicted molar refractivity (Wildman–Crippen MR) is 156 cm³/mol. The Kier molecular flexibility index (Phi) is 11.2. The number of nitrogens with one attached hydrogen (secondary N) is 4. The fourth-order valence-corrected chi connectivity index (χ4v) is 3.55. The van der Waals surface area contributed by atoms with Crippen LogP contribution in [-0.4, -0.2) is 70.6 Å². The van der Waals surface area contributed by atoms with Gasteiger partial charge in [0.1, 0.15) is 5.75 Å². The van der Waals surface area contributed by atoms with Crippen molar-refractivity contribution in [3.05, 3.63) is 90.0 Å². The molecule has 0 saturated carbocycles. The fourth-order valence-electron chi connectivity index (χ4n) is 3.55. The van der Waals surface area contributed by atoms with Gasteiger partial charge in [-0.3, -0.25) is 4.79 Å². The molecule has 0 aliphatic heterocycles. The number of aliphatic hydroxyl groups is 1. The van der Waals surface area contributed by atoms with Gasteiger partial charge in [0.15, 0.2) is 0 Å². The van der Waals surface area contributed by atoms with Crippen LogP contribution in [0.1, 0.15) is 15.9 Å². The fraction of sp³-hybridized carbons (Fsp3) is 0.241. The first-order valence-electron chi connectivity index (χ1n) is 13.1. The van der Waals surface area contributed by atoms with E-state index in [2.05, 4.69) is 36.2 Å². The van der Waals surface area contributed by atoms with Gasteiger partial charge in [-0.15, -0.1) is 0 Å². The van der Waals surface area contributed by atoms with Crippen LogP contribution in [0.2, 0.25) is 0 Å². The molecule has 214 valence electrons. The third kappa shape index (κ3) is 10.0. The maximum atomic E-state index is 12.0. The summed E-state index contributed by atoms with van der Waals surface area (Å²) in [6.45, 7) is 2.40. The number of phenolic OH excluding ortho intramolecular Hbond substituents is 1. The highest BCUT2D eigenvalue weighted by Gasteiger charge is 2.08. The van der Waals surface area contributed by atoms with Crippen molar-refractivity contribution in [3.63, 3.8) is 0 Å². The van der Waals surface area contributed by atoms with Crippen LogP contribution in [0, 0.1) is 0 Å². The van der Waals surface area contributed by atoms with E-state index in [0.29, 0.717) is 68.6 Å². The summed E-state index contributed by atoms with van der Waals surface area (Å²) in [5, 5.41) is 31.0. The van der Waals surface area contributed by atoms with E-state index in [1.165, 1.54) is 0 Å². The van der Waals surface area contributed by atoms with Gasteiger partial charge in [0.25, 0.3) is 5.91 Å². The molecule has 0 saturated heterocycles. The lowest BCUT2D eigenvalue weighted by molar-refractivity contribution is 0.0519. The Morgan fingerprint density at radius 2 is 1.24 bits per heavy atom. The number of hydrogen-bond donors (Lipinski definition) is 6. The molecule has 0 bridgehead atoms. The van der Waals surface area contributed by atoms with Crippen molar-refractivity contribution in [2.24, 2.45) is 0 Å². The molecule has 4 rings (SSSR count). The van der Waals surface area contributed by atoms with Crippen molar-refractivity contribution in [3.8, 4) is 5.75 Å². The number of carbonyl (C=O) groups excluding carboxylic acids is 1. The Morgan fingerprint density at radius 3 is 1.85 bits per heavy atom. The molecular formula is C29H33N7O5. The number of phenols is 1. The molecule has 0 atom stereocenters. The lowest BCUT2D eigenvalue weighted by Gasteiger charge is -2.12. The molecule has 12 nitrogen and oxygen atoms in total. The van der Waals surface area contributed by atoms with Crippen molar-refractivity contribution in [2.45, 2.75) is 6.61 Å². The molecule has 0 fully saturated rings. The second-order valence-corrected chi connectivity index (χ2v) is 8.73. The zero-order valence-corrected chi connectivity index (χ0v) is 22.4. The van der Waals surface area contributed by atoms with E-state index in [4.69, 9.17) is 9.47 Å². The highest BCUT2D eigenvalue weighted by Crippen LogP contribution is 2.20. The number of anilines is 5. The molecule has 0 aliphatic rings. The number of hydrogen-bond acceptors (Lipinski definition) is 11. The molecule has 0 aliphatic carbocycles. The van der Waals surface area contributed by atoms with Crippen LogP contribution in [0.15, 0.2) is 78.9 Å². The molecule has 3 aromatic carbocycles. The average molecular weight is 560 g/mol. The van der Waals surface area contributed by atoms with Gasteiger partial charge in [-0.2, -0.15) is 15.0 Å². The van der Waals surface area contributed by atoms with E-state index >= 15 is 0 Å². The lowest BCUT2D eigenvalue weighted by atomic mass is 10.2. The minimum Gasteiger partial charge on any atom is -0.508 e. The molecule has 41 heavy (non-hydrogen) atoms. The first-order valence-corrected chi connectivity index (χ1v) is 13.1. The SMILES string of the molecule is O=C(NCCOCCOCCNc1nc(Nc2ccc(O)cc2)nc(Nc2ccc(CO)cc2)n1)c1ccccc1. The van der Waals surface area contributed by atoms with Crippen LogP contribution in [0.25, 0.3) is 0 Å². The van der Waals surface area contributed by atoms with Crippen molar-refractivity contribution in [1.29, 1.82) is 0 Å². The van der Waals surface area contributed by atoms with Gasteiger partial charge in [-0.05, 0) is 54.1 Å². The van der Waals surface area contributed by atoms with E-state index in [9.17, 15) is 15.0 Å². The summed E-state index contributed by atoms with van der Waals surface area (Å²) in [5.74, 6) is 0.979. The Labute approximate surface area is 237 Å². The van der Waals surface area contributed by atoms with Crippen LogP contribution < -0.4 is 21.3 Å². The summed E-state index contributed by atoms with van der Waals surface area (Å²) in [4.78, 5) is 25.3. The van der Waals surface area contributed by atoms with Crippen LogP contribution in [0.4, 0.5) is 29.2 Å². The van der Waals surface area contributed by atoms with Crippen LogP contribution in [0.5, 0.6) is 5.75 Å². The first-order chi connectivity index (χ1) is 20.1. The van der Waals surface area contributed by atoms with Crippen molar-refractivity contribution in [2.75, 3.05) is 55.5 Å². The Bertz CT molecular complexity index is 1360. The first kappa shape index (κ1) is 29.2. The minimum absolute atomic E-state index is 0.0397. The highest BCUT2D eigenvalue weighted by atomic mass is 16.5. The average Bonchev–Trinajstić information content (AvgIpc) is 3.00. The summed E-state index contributed by atoms with van der Waals surface area (Å²) < 4.78 is 11.1. The topological polar surface area (TPSA) is 163 Å². The molecule has 6 N–H and O–H groups in total. The van der Waals surface area contributed by atoms with E-state index in [1.807, 2.05) is 30.3 Å². The van der Waals surface area contributed by atoms with Crippen LogP contribution >= 0.6 is 0 Å². The largest absolute Gasteiger partial charge is 0.508 e. The predicted octanol–water partition coefficient (Wildman–Crippen LogP) is 3.43. The Hall–Kier alpha value is -4.78. The Balaban J connectivity index is 1.21. The van der Waals surface area contributed by atoms with Gasteiger partial charge >= 0.3 is 0 Å². The van der Waals surface area contributed by atoms with Gasteiger partial charge in [-0.25, -0.2) is 0 Å². The number of amides is 1. The summed E-state index contributed by atoms with van der Waals surface area (Å²) in [6, 6.07) is 22.8. The number of aliphatic hydroxyl groups excluding tert-OH is 1. The number of rotatable bonds is 16. The maximum absolute atomic E-state index is 12.0. The molecule has 1 amide bonds. The highest BCUT2D eigenvalue weighted by molar-refractivity contribution is 5.94. The lowest BCUT2D eigenvalue weighted by Crippen LogP contribution is -2.27. The normalized spacial score (nSPS) is 10.7. The zero-order chi connectivity index (χ0) is 28.7. The van der Waals surface area contributed by atoms with Gasteiger partial charge in [0, 0.05) is 30.0 Å². The summed E-state index contributed by atoms with van der Waals surface area (Å²) in [7, 11) is 0. The van der Waals surface area contributed by atoms with Gasteiger partial charge < -0.3 is 41.0 Å². The number of ether oxygens (including phenoxy) is 2. The van der Waals surface area contributed by atoms with Gasteiger partial charge in [-0.1, -0.05) is 30.3 Å². The smallest absolute Gasteiger partial charge is 0.251 e. The number of benzene rings is 3. The van der Waals surface area contributed by atoms with Gasteiger partial charge in [0.05, 0.1) is 33.0 Å². The third-order valence-corrected chi connectivity index (χ3v) is 5.62. The number of carbonyl (C=O) groups is 1. The standard InChI is InChI=1S/C29H33N7O5/c37-20-21-6-8-23(9-7-21)32-28-34-27(35-29(36-28)33-24-10-12-25(38)13-11-24)31-15-17-41-19-18-40-16-14-30-26(39)22-4-2-1-3-5-22/h1-13,37-38H,14-20H2,(H,30,39)(H3,31,32,33,34,35,36).